The molecular formula is C34H35NO7. The average molecular weight is 570 g/mol. The maximum atomic E-state index is 13.9. The van der Waals surface area contributed by atoms with Gasteiger partial charge in [0.1, 0.15) is 24.7 Å². The molecule has 0 spiro atoms. The van der Waals surface area contributed by atoms with E-state index in [1.165, 1.54) is 6.07 Å². The van der Waals surface area contributed by atoms with Crippen molar-refractivity contribution in [3.05, 3.63) is 106 Å². The molecule has 0 bridgehead atoms. The monoisotopic (exact) mass is 569 g/mol. The van der Waals surface area contributed by atoms with Crippen molar-refractivity contribution in [2.75, 3.05) is 26.9 Å². The molecule has 42 heavy (non-hydrogen) atoms. The minimum absolute atomic E-state index is 0.0128. The lowest BCUT2D eigenvalue weighted by Gasteiger charge is -2.36. The zero-order chi connectivity index (χ0) is 29.6. The number of aromatic hydroxyl groups is 1. The molecule has 1 aliphatic carbocycles. The first kappa shape index (κ1) is 28.8. The Morgan fingerprint density at radius 3 is 2.38 bits per heavy atom. The fraction of sp³-hybridized carbons (Fsp3) is 0.294. The third-order valence-corrected chi connectivity index (χ3v) is 7.58. The predicted molar refractivity (Wildman–Crippen MR) is 158 cm³/mol. The number of carbonyl (C=O) groups is 2. The van der Waals surface area contributed by atoms with Gasteiger partial charge >= 0.3 is 5.97 Å². The van der Waals surface area contributed by atoms with Gasteiger partial charge in [-0.25, -0.2) is 4.79 Å². The number of methoxy groups -OCH3 is 1. The zero-order valence-corrected chi connectivity index (χ0v) is 24.0. The van der Waals surface area contributed by atoms with E-state index in [-0.39, 0.29) is 36.4 Å². The van der Waals surface area contributed by atoms with Gasteiger partial charge in [0.15, 0.2) is 17.3 Å². The number of ether oxygens (including phenoxy) is 4. The second-order valence-corrected chi connectivity index (χ2v) is 10.2. The van der Waals surface area contributed by atoms with Crippen molar-refractivity contribution in [3.63, 3.8) is 0 Å². The van der Waals surface area contributed by atoms with Gasteiger partial charge < -0.3 is 29.4 Å². The van der Waals surface area contributed by atoms with Crippen LogP contribution in [0.1, 0.15) is 49.7 Å². The van der Waals surface area contributed by atoms with Gasteiger partial charge in [-0.05, 0) is 73.7 Å². The topological polar surface area (TPSA) is 103 Å². The fourth-order valence-corrected chi connectivity index (χ4v) is 5.62. The van der Waals surface area contributed by atoms with E-state index in [9.17, 15) is 14.7 Å². The van der Waals surface area contributed by atoms with Crippen LogP contribution in [0, 0.1) is 0 Å². The third-order valence-electron chi connectivity index (χ3n) is 7.58. The highest BCUT2D eigenvalue weighted by atomic mass is 16.6. The summed E-state index contributed by atoms with van der Waals surface area (Å²) in [5.74, 6) is 0.416. The van der Waals surface area contributed by atoms with E-state index in [2.05, 4.69) is 5.32 Å². The van der Waals surface area contributed by atoms with E-state index in [0.29, 0.717) is 47.6 Å². The van der Waals surface area contributed by atoms with Gasteiger partial charge in [0.05, 0.1) is 19.3 Å². The minimum Gasteiger partial charge on any atom is -0.504 e. The Balaban J connectivity index is 1.45. The van der Waals surface area contributed by atoms with Gasteiger partial charge in [-0.2, -0.15) is 0 Å². The maximum Gasteiger partial charge on any atom is 0.336 e. The van der Waals surface area contributed by atoms with E-state index in [4.69, 9.17) is 18.9 Å². The van der Waals surface area contributed by atoms with Crippen molar-refractivity contribution < 1.29 is 33.6 Å². The number of benzene rings is 3. The molecule has 2 N–H and O–H groups in total. The largest absolute Gasteiger partial charge is 0.504 e. The number of hydrogen-bond acceptors (Lipinski definition) is 8. The average Bonchev–Trinajstić information content (AvgIpc) is 3.00. The molecule has 0 amide bonds. The molecule has 0 radical (unpaired) electrons. The highest BCUT2D eigenvalue weighted by Crippen LogP contribution is 2.47. The Bertz CT molecular complexity index is 1510. The summed E-state index contributed by atoms with van der Waals surface area (Å²) in [4.78, 5) is 27.5. The molecule has 0 saturated carbocycles. The molecule has 2 unspecified atom stereocenters. The number of allylic oxidation sites excluding steroid dienone is 3. The molecule has 218 valence electrons. The van der Waals surface area contributed by atoms with Crippen LogP contribution in [-0.4, -0.2) is 43.8 Å². The molecule has 1 aliphatic heterocycles. The van der Waals surface area contributed by atoms with Crippen LogP contribution in [0.5, 0.6) is 23.0 Å². The number of hydrogen-bond donors (Lipinski definition) is 2. The standard InChI is InChI=1S/C34H35NO7/c1-4-40-30-20-23(12-15-28(30)36)32-31(34(38)42-17-16-41-26-8-6-5-7-9-26)21(2)35-27-18-24(19-29(37)33(27)32)22-10-13-25(39-3)14-11-22/h5-15,20,24,32,35-36H,4,16-19H2,1-3H3. The van der Waals surface area contributed by atoms with Gasteiger partial charge in [0.25, 0.3) is 0 Å². The van der Waals surface area contributed by atoms with Crippen LogP contribution in [-0.2, 0) is 14.3 Å². The lowest BCUT2D eigenvalue weighted by Crippen LogP contribution is -2.36. The molecule has 0 saturated heterocycles. The first-order chi connectivity index (χ1) is 20.4. The van der Waals surface area contributed by atoms with Crippen molar-refractivity contribution in [2.24, 2.45) is 0 Å². The fourth-order valence-electron chi connectivity index (χ4n) is 5.62. The van der Waals surface area contributed by atoms with Crippen LogP contribution in [0.25, 0.3) is 0 Å². The molecule has 5 rings (SSSR count). The predicted octanol–water partition coefficient (Wildman–Crippen LogP) is 5.78. The number of para-hydroxylation sites is 1. The quantitative estimate of drug-likeness (QED) is 0.234. The van der Waals surface area contributed by atoms with Gasteiger partial charge in [0.2, 0.25) is 0 Å². The molecule has 3 aromatic rings. The van der Waals surface area contributed by atoms with Crippen molar-refractivity contribution in [3.8, 4) is 23.0 Å². The van der Waals surface area contributed by atoms with E-state index in [0.717, 1.165) is 17.0 Å². The third kappa shape index (κ3) is 6.12. The van der Waals surface area contributed by atoms with Crippen LogP contribution >= 0.6 is 0 Å². The number of rotatable bonds is 10. The van der Waals surface area contributed by atoms with Crippen LogP contribution in [0.3, 0.4) is 0 Å². The van der Waals surface area contributed by atoms with Crippen LogP contribution in [0.2, 0.25) is 0 Å². The highest BCUT2D eigenvalue weighted by molar-refractivity contribution is 6.04. The molecule has 8 nitrogen and oxygen atoms in total. The Labute approximate surface area is 245 Å². The van der Waals surface area contributed by atoms with Crippen LogP contribution in [0.4, 0.5) is 0 Å². The van der Waals surface area contributed by atoms with E-state index < -0.39 is 11.9 Å². The van der Waals surface area contributed by atoms with Gasteiger partial charge in [-0.1, -0.05) is 36.4 Å². The van der Waals surface area contributed by atoms with Crippen molar-refractivity contribution in [1.82, 2.24) is 5.32 Å². The minimum atomic E-state index is -0.687. The molecule has 0 fully saturated rings. The Morgan fingerprint density at radius 1 is 0.929 bits per heavy atom. The number of Topliss-reactive ketones (excluding diaryl/α,β-unsaturated/α-hetero) is 1. The van der Waals surface area contributed by atoms with E-state index >= 15 is 0 Å². The molecule has 2 atom stereocenters. The Kier molecular flexibility index (Phi) is 8.81. The van der Waals surface area contributed by atoms with E-state index in [1.807, 2.05) is 68.4 Å². The number of ketones is 1. The maximum absolute atomic E-state index is 13.9. The SMILES string of the molecule is CCOc1cc(C2C(C(=O)OCCOc3ccccc3)=C(C)NC3=C2C(=O)CC(c2ccc(OC)cc2)C3)ccc1O. The molecule has 1 heterocycles. The molecule has 8 heteroatoms. The summed E-state index contributed by atoms with van der Waals surface area (Å²) in [6.45, 7) is 4.22. The summed E-state index contributed by atoms with van der Waals surface area (Å²) in [6.07, 6.45) is 0.900. The zero-order valence-electron chi connectivity index (χ0n) is 24.0. The summed E-state index contributed by atoms with van der Waals surface area (Å²) in [5, 5.41) is 13.7. The Morgan fingerprint density at radius 2 is 1.67 bits per heavy atom. The number of esters is 1. The van der Waals surface area contributed by atoms with Crippen molar-refractivity contribution in [2.45, 2.75) is 38.5 Å². The summed E-state index contributed by atoms with van der Waals surface area (Å²) in [7, 11) is 1.62. The first-order valence-corrected chi connectivity index (χ1v) is 14.1. The Hall–Kier alpha value is -4.72. The van der Waals surface area contributed by atoms with E-state index in [1.54, 1.807) is 19.2 Å². The highest BCUT2D eigenvalue weighted by Gasteiger charge is 2.41. The number of phenolic OH excluding ortho intramolecular Hbond substituents is 1. The number of dihydropyridines is 1. The summed E-state index contributed by atoms with van der Waals surface area (Å²) >= 11 is 0. The van der Waals surface area contributed by atoms with Gasteiger partial charge in [-0.15, -0.1) is 0 Å². The van der Waals surface area contributed by atoms with Crippen molar-refractivity contribution in [1.29, 1.82) is 0 Å². The summed E-state index contributed by atoms with van der Waals surface area (Å²) in [5.41, 5.74) is 3.98. The number of phenols is 1. The molecular weight excluding hydrogens is 534 g/mol. The summed E-state index contributed by atoms with van der Waals surface area (Å²) < 4.78 is 22.3. The van der Waals surface area contributed by atoms with Crippen LogP contribution < -0.4 is 19.5 Å². The summed E-state index contributed by atoms with van der Waals surface area (Å²) in [6, 6.07) is 22.0. The van der Waals surface area contributed by atoms with Gasteiger partial charge in [-0.3, -0.25) is 4.79 Å². The lowest BCUT2D eigenvalue weighted by molar-refractivity contribution is -0.140. The molecule has 2 aliphatic rings. The smallest absolute Gasteiger partial charge is 0.336 e. The van der Waals surface area contributed by atoms with Crippen LogP contribution in [0.15, 0.2) is 95.3 Å². The normalized spacial score (nSPS) is 18.2. The van der Waals surface area contributed by atoms with Crippen molar-refractivity contribution >= 4 is 11.8 Å². The van der Waals surface area contributed by atoms with Gasteiger partial charge in [0, 0.05) is 29.3 Å². The number of carbonyl (C=O) groups excluding carboxylic acids is 2. The number of nitrogens with one attached hydrogen (secondary N) is 1. The molecule has 0 aromatic heterocycles. The lowest BCUT2D eigenvalue weighted by atomic mass is 9.71. The second kappa shape index (κ2) is 12.9. The molecule has 3 aromatic carbocycles. The second-order valence-electron chi connectivity index (χ2n) is 10.2. The first-order valence-electron chi connectivity index (χ1n) is 14.1.